The standard InChI is InChI=1S/C22H28N2O2/c1-4-14-23-22(26)18(3)24(16-20-8-6-5-7-9-20)21(25)15-19-12-10-17(2)11-13-19/h5-13,18H,4,14-16H2,1-3H3,(H,23,26)/t18-/m1/s1. The zero-order chi connectivity index (χ0) is 18.9. The molecule has 1 atom stereocenters. The monoisotopic (exact) mass is 352 g/mol. The number of amides is 2. The van der Waals surface area contributed by atoms with Gasteiger partial charge in [-0.1, -0.05) is 67.1 Å². The summed E-state index contributed by atoms with van der Waals surface area (Å²) >= 11 is 0. The molecule has 0 saturated heterocycles. The van der Waals surface area contributed by atoms with Crippen molar-refractivity contribution in [3.8, 4) is 0 Å². The SMILES string of the molecule is CCCNC(=O)[C@@H](C)N(Cc1ccccc1)C(=O)Cc1ccc(C)cc1. The second-order valence-corrected chi connectivity index (χ2v) is 6.64. The minimum Gasteiger partial charge on any atom is -0.354 e. The lowest BCUT2D eigenvalue weighted by Gasteiger charge is -2.29. The predicted octanol–water partition coefficient (Wildman–Crippen LogP) is 3.48. The van der Waals surface area contributed by atoms with Crippen LogP contribution in [0.5, 0.6) is 0 Å². The summed E-state index contributed by atoms with van der Waals surface area (Å²) in [5, 5.41) is 2.89. The van der Waals surface area contributed by atoms with E-state index in [2.05, 4.69) is 5.32 Å². The molecular weight excluding hydrogens is 324 g/mol. The van der Waals surface area contributed by atoms with Crippen LogP contribution in [0.4, 0.5) is 0 Å². The Kier molecular flexibility index (Phi) is 7.39. The molecule has 2 amide bonds. The van der Waals surface area contributed by atoms with Crippen molar-refractivity contribution >= 4 is 11.8 Å². The summed E-state index contributed by atoms with van der Waals surface area (Å²) in [4.78, 5) is 27.1. The molecule has 0 unspecified atom stereocenters. The van der Waals surface area contributed by atoms with Gasteiger partial charge in [0.1, 0.15) is 6.04 Å². The molecule has 4 heteroatoms. The van der Waals surface area contributed by atoms with Crippen LogP contribution in [0.1, 0.15) is 37.0 Å². The topological polar surface area (TPSA) is 49.4 Å². The Hall–Kier alpha value is -2.62. The minimum absolute atomic E-state index is 0.0446. The number of hydrogen-bond donors (Lipinski definition) is 1. The minimum atomic E-state index is -0.514. The largest absolute Gasteiger partial charge is 0.354 e. The van der Waals surface area contributed by atoms with Gasteiger partial charge in [0, 0.05) is 13.1 Å². The van der Waals surface area contributed by atoms with E-state index in [1.165, 1.54) is 0 Å². The molecule has 0 heterocycles. The number of hydrogen-bond acceptors (Lipinski definition) is 2. The average molecular weight is 352 g/mol. The summed E-state index contributed by atoms with van der Waals surface area (Å²) in [5.74, 6) is -0.156. The molecule has 0 spiro atoms. The Balaban J connectivity index is 2.16. The van der Waals surface area contributed by atoms with E-state index in [1.54, 1.807) is 11.8 Å². The van der Waals surface area contributed by atoms with Crippen molar-refractivity contribution in [2.24, 2.45) is 0 Å². The molecule has 0 aliphatic heterocycles. The van der Waals surface area contributed by atoms with Crippen LogP contribution in [0.3, 0.4) is 0 Å². The normalized spacial score (nSPS) is 11.7. The zero-order valence-electron chi connectivity index (χ0n) is 15.9. The van der Waals surface area contributed by atoms with Crippen LogP contribution in [-0.2, 0) is 22.6 Å². The molecule has 0 bridgehead atoms. The number of rotatable bonds is 8. The van der Waals surface area contributed by atoms with Gasteiger partial charge in [-0.05, 0) is 31.4 Å². The van der Waals surface area contributed by atoms with Crippen LogP contribution in [0.25, 0.3) is 0 Å². The van der Waals surface area contributed by atoms with E-state index in [-0.39, 0.29) is 11.8 Å². The average Bonchev–Trinajstić information content (AvgIpc) is 2.66. The van der Waals surface area contributed by atoms with Crippen LogP contribution in [0, 0.1) is 6.92 Å². The Morgan fingerprint density at radius 3 is 2.27 bits per heavy atom. The van der Waals surface area contributed by atoms with Crippen LogP contribution in [-0.4, -0.2) is 29.3 Å². The van der Waals surface area contributed by atoms with E-state index in [1.807, 2.05) is 68.4 Å². The quantitative estimate of drug-likeness (QED) is 0.791. The molecule has 0 aliphatic rings. The van der Waals surface area contributed by atoms with E-state index >= 15 is 0 Å². The van der Waals surface area contributed by atoms with Gasteiger partial charge in [0.15, 0.2) is 0 Å². The highest BCUT2D eigenvalue weighted by atomic mass is 16.2. The number of aryl methyl sites for hydroxylation is 1. The second kappa shape index (κ2) is 9.76. The van der Waals surface area contributed by atoms with Gasteiger partial charge in [0.2, 0.25) is 11.8 Å². The van der Waals surface area contributed by atoms with Crippen LogP contribution in [0.15, 0.2) is 54.6 Å². The second-order valence-electron chi connectivity index (χ2n) is 6.64. The fraction of sp³-hybridized carbons (Fsp3) is 0.364. The Bertz CT molecular complexity index is 711. The molecule has 1 N–H and O–H groups in total. The van der Waals surface area contributed by atoms with E-state index < -0.39 is 6.04 Å². The highest BCUT2D eigenvalue weighted by Gasteiger charge is 2.25. The van der Waals surface area contributed by atoms with Gasteiger partial charge in [-0.15, -0.1) is 0 Å². The molecule has 2 aromatic carbocycles. The summed E-state index contributed by atoms with van der Waals surface area (Å²) in [6, 6.07) is 17.2. The van der Waals surface area contributed by atoms with Crippen molar-refractivity contribution in [2.75, 3.05) is 6.54 Å². The van der Waals surface area contributed by atoms with Crippen LogP contribution < -0.4 is 5.32 Å². The predicted molar refractivity (Wildman–Crippen MR) is 105 cm³/mol. The fourth-order valence-electron chi connectivity index (χ4n) is 2.74. The molecule has 2 aromatic rings. The summed E-state index contributed by atoms with van der Waals surface area (Å²) < 4.78 is 0. The summed E-state index contributed by atoms with van der Waals surface area (Å²) in [7, 11) is 0. The number of nitrogens with zero attached hydrogens (tertiary/aromatic N) is 1. The molecular formula is C22H28N2O2. The molecule has 0 fully saturated rings. The van der Waals surface area contributed by atoms with Crippen molar-refractivity contribution < 1.29 is 9.59 Å². The summed E-state index contributed by atoms with van der Waals surface area (Å²) in [6.45, 7) is 6.87. The maximum atomic E-state index is 13.0. The summed E-state index contributed by atoms with van der Waals surface area (Å²) in [6.07, 6.45) is 1.16. The highest BCUT2D eigenvalue weighted by Crippen LogP contribution is 2.13. The molecule has 0 radical (unpaired) electrons. The lowest BCUT2D eigenvalue weighted by Crippen LogP contribution is -2.48. The van der Waals surface area contributed by atoms with Crippen LogP contribution in [0.2, 0.25) is 0 Å². The van der Waals surface area contributed by atoms with Gasteiger partial charge < -0.3 is 10.2 Å². The van der Waals surface area contributed by atoms with E-state index in [0.29, 0.717) is 19.5 Å². The third-order valence-corrected chi connectivity index (χ3v) is 4.39. The number of benzene rings is 2. The van der Waals surface area contributed by atoms with Gasteiger partial charge in [-0.3, -0.25) is 9.59 Å². The third kappa shape index (κ3) is 5.73. The zero-order valence-corrected chi connectivity index (χ0v) is 15.9. The van der Waals surface area contributed by atoms with Gasteiger partial charge in [0.05, 0.1) is 6.42 Å². The lowest BCUT2D eigenvalue weighted by molar-refractivity contribution is -0.140. The number of carbonyl (C=O) groups is 2. The molecule has 0 aliphatic carbocycles. The third-order valence-electron chi connectivity index (χ3n) is 4.39. The number of nitrogens with one attached hydrogen (secondary N) is 1. The van der Waals surface area contributed by atoms with E-state index in [4.69, 9.17) is 0 Å². The van der Waals surface area contributed by atoms with E-state index in [0.717, 1.165) is 23.1 Å². The van der Waals surface area contributed by atoms with E-state index in [9.17, 15) is 9.59 Å². The lowest BCUT2D eigenvalue weighted by atomic mass is 10.1. The summed E-state index contributed by atoms with van der Waals surface area (Å²) in [5.41, 5.74) is 3.13. The molecule has 138 valence electrons. The number of carbonyl (C=O) groups excluding carboxylic acids is 2. The first-order chi connectivity index (χ1) is 12.5. The molecule has 2 rings (SSSR count). The van der Waals surface area contributed by atoms with Gasteiger partial charge in [0.25, 0.3) is 0 Å². The smallest absolute Gasteiger partial charge is 0.242 e. The van der Waals surface area contributed by atoms with Gasteiger partial charge in [-0.25, -0.2) is 0 Å². The molecule has 0 saturated carbocycles. The van der Waals surface area contributed by atoms with Crippen molar-refractivity contribution in [2.45, 2.75) is 46.2 Å². The highest BCUT2D eigenvalue weighted by molar-refractivity contribution is 5.88. The Morgan fingerprint density at radius 1 is 1.00 bits per heavy atom. The Morgan fingerprint density at radius 2 is 1.65 bits per heavy atom. The fourth-order valence-corrected chi connectivity index (χ4v) is 2.74. The van der Waals surface area contributed by atoms with Gasteiger partial charge >= 0.3 is 0 Å². The Labute approximate surface area is 156 Å². The first-order valence-corrected chi connectivity index (χ1v) is 9.18. The van der Waals surface area contributed by atoms with Gasteiger partial charge in [-0.2, -0.15) is 0 Å². The van der Waals surface area contributed by atoms with Crippen molar-refractivity contribution in [1.82, 2.24) is 10.2 Å². The molecule has 4 nitrogen and oxygen atoms in total. The first-order valence-electron chi connectivity index (χ1n) is 9.18. The maximum Gasteiger partial charge on any atom is 0.242 e. The molecule has 26 heavy (non-hydrogen) atoms. The van der Waals surface area contributed by atoms with Crippen molar-refractivity contribution in [3.63, 3.8) is 0 Å². The van der Waals surface area contributed by atoms with Crippen LogP contribution >= 0.6 is 0 Å². The van der Waals surface area contributed by atoms with Crippen molar-refractivity contribution in [3.05, 3.63) is 71.3 Å². The molecule has 0 aromatic heterocycles. The maximum absolute atomic E-state index is 13.0. The van der Waals surface area contributed by atoms with Crippen molar-refractivity contribution in [1.29, 1.82) is 0 Å². The first kappa shape index (κ1) is 19.7.